The number of hydrogen-bond acceptors (Lipinski definition) is 5. The van der Waals surface area contributed by atoms with E-state index in [4.69, 9.17) is 14.6 Å². The smallest absolute Gasteiger partial charge is 0.183 e. The van der Waals surface area contributed by atoms with Crippen LogP contribution in [0, 0.1) is 0 Å². The van der Waals surface area contributed by atoms with Crippen LogP contribution in [0.1, 0.15) is 31.3 Å². The van der Waals surface area contributed by atoms with E-state index in [1.807, 2.05) is 13.8 Å². The van der Waals surface area contributed by atoms with Crippen molar-refractivity contribution in [1.82, 2.24) is 9.80 Å². The van der Waals surface area contributed by atoms with Crippen LogP contribution in [0.4, 0.5) is 0 Å². The van der Waals surface area contributed by atoms with Crippen LogP contribution in [0.5, 0.6) is 0 Å². The van der Waals surface area contributed by atoms with E-state index < -0.39 is 0 Å². The highest BCUT2D eigenvalue weighted by Crippen LogP contribution is 2.20. The van der Waals surface area contributed by atoms with Gasteiger partial charge in [0.15, 0.2) is 6.29 Å². The number of aliphatic hydroxyl groups is 1. The average molecular weight is 322 g/mol. The van der Waals surface area contributed by atoms with Gasteiger partial charge in [-0.15, -0.1) is 0 Å². The van der Waals surface area contributed by atoms with Gasteiger partial charge in [-0.05, 0) is 19.4 Å². The third-order valence-electron chi connectivity index (χ3n) is 4.18. The van der Waals surface area contributed by atoms with Crippen molar-refractivity contribution in [3.63, 3.8) is 0 Å². The molecule has 1 aliphatic rings. The van der Waals surface area contributed by atoms with Gasteiger partial charge in [-0.1, -0.05) is 24.3 Å². The fraction of sp³-hybridized carbons (Fsp3) is 0.667. The highest BCUT2D eigenvalue weighted by molar-refractivity contribution is 5.23. The number of β-amino-alcohol motifs (C(OH)–C–C–N with tert-alkyl or cyclic N) is 1. The van der Waals surface area contributed by atoms with Crippen molar-refractivity contribution in [2.75, 3.05) is 52.5 Å². The van der Waals surface area contributed by atoms with E-state index in [9.17, 15) is 0 Å². The van der Waals surface area contributed by atoms with Crippen molar-refractivity contribution in [3.8, 4) is 0 Å². The highest BCUT2D eigenvalue weighted by Gasteiger charge is 2.17. The van der Waals surface area contributed by atoms with Gasteiger partial charge in [0.05, 0.1) is 6.61 Å². The van der Waals surface area contributed by atoms with Crippen molar-refractivity contribution in [2.24, 2.45) is 0 Å². The first-order valence-corrected chi connectivity index (χ1v) is 8.64. The molecule has 0 aliphatic carbocycles. The molecule has 1 saturated heterocycles. The molecule has 0 radical (unpaired) electrons. The molecule has 1 aromatic rings. The normalized spacial score (nSPS) is 17.0. The fourth-order valence-corrected chi connectivity index (χ4v) is 2.89. The largest absolute Gasteiger partial charge is 0.395 e. The van der Waals surface area contributed by atoms with E-state index in [1.54, 1.807) is 0 Å². The summed E-state index contributed by atoms with van der Waals surface area (Å²) in [7, 11) is 0. The summed E-state index contributed by atoms with van der Waals surface area (Å²) in [6.45, 7) is 11.5. The third kappa shape index (κ3) is 5.86. The van der Waals surface area contributed by atoms with Gasteiger partial charge >= 0.3 is 0 Å². The number of aliphatic hydroxyl groups excluding tert-OH is 1. The topological polar surface area (TPSA) is 45.2 Å². The highest BCUT2D eigenvalue weighted by atomic mass is 16.7. The maximum absolute atomic E-state index is 8.99. The van der Waals surface area contributed by atoms with Crippen LogP contribution in [0.15, 0.2) is 24.3 Å². The lowest BCUT2D eigenvalue weighted by molar-refractivity contribution is -0.140. The molecular formula is C18H30N2O3. The average Bonchev–Trinajstić information content (AvgIpc) is 2.57. The summed E-state index contributed by atoms with van der Waals surface area (Å²) in [5, 5.41) is 8.99. The zero-order chi connectivity index (χ0) is 16.5. The predicted molar refractivity (Wildman–Crippen MR) is 91.2 cm³/mol. The zero-order valence-electron chi connectivity index (χ0n) is 14.4. The number of rotatable bonds is 9. The Morgan fingerprint density at radius 1 is 0.957 bits per heavy atom. The second kappa shape index (κ2) is 10.0. The maximum Gasteiger partial charge on any atom is 0.183 e. The van der Waals surface area contributed by atoms with Gasteiger partial charge < -0.3 is 14.6 Å². The molecule has 0 unspecified atom stereocenters. The van der Waals surface area contributed by atoms with Gasteiger partial charge in [0.25, 0.3) is 0 Å². The minimum absolute atomic E-state index is 0.252. The second-order valence-electron chi connectivity index (χ2n) is 5.83. The molecule has 0 aromatic heterocycles. The third-order valence-corrected chi connectivity index (χ3v) is 4.18. The summed E-state index contributed by atoms with van der Waals surface area (Å²) in [5.74, 6) is 0. The Balaban J connectivity index is 1.85. The van der Waals surface area contributed by atoms with Crippen LogP contribution in [0.25, 0.3) is 0 Å². The molecule has 5 heteroatoms. The lowest BCUT2D eigenvalue weighted by Gasteiger charge is -2.34. The van der Waals surface area contributed by atoms with Crippen molar-refractivity contribution >= 4 is 0 Å². The summed E-state index contributed by atoms with van der Waals surface area (Å²) in [6.07, 6.45) is -0.263. The molecule has 1 N–H and O–H groups in total. The maximum atomic E-state index is 8.99. The first-order valence-electron chi connectivity index (χ1n) is 8.64. The number of piperazine rings is 1. The zero-order valence-corrected chi connectivity index (χ0v) is 14.4. The molecule has 130 valence electrons. The first-order chi connectivity index (χ1) is 11.3. The molecule has 2 rings (SSSR count). The molecule has 1 aliphatic heterocycles. The Kier molecular flexibility index (Phi) is 7.99. The predicted octanol–water partition coefficient (Wildman–Crippen LogP) is 1.87. The molecule has 1 fully saturated rings. The number of benzene rings is 1. The Hall–Kier alpha value is -0.980. The lowest BCUT2D eigenvalue weighted by Crippen LogP contribution is -2.46. The standard InChI is InChI=1S/C18H30N2O3/c1-3-22-18(23-4-2)17-7-5-16(6-8-17)15-20-11-9-19(10-12-20)13-14-21/h5-8,18,21H,3-4,9-15H2,1-2H3. The summed E-state index contributed by atoms with van der Waals surface area (Å²) < 4.78 is 11.3. The monoisotopic (exact) mass is 322 g/mol. The van der Waals surface area contributed by atoms with Crippen molar-refractivity contribution < 1.29 is 14.6 Å². The summed E-state index contributed by atoms with van der Waals surface area (Å²) in [6, 6.07) is 8.54. The van der Waals surface area contributed by atoms with E-state index in [2.05, 4.69) is 34.1 Å². The van der Waals surface area contributed by atoms with Crippen molar-refractivity contribution in [3.05, 3.63) is 35.4 Å². The van der Waals surface area contributed by atoms with E-state index >= 15 is 0 Å². The molecule has 0 atom stereocenters. The number of nitrogens with zero attached hydrogens (tertiary/aromatic N) is 2. The van der Waals surface area contributed by atoms with Crippen LogP contribution in [-0.4, -0.2) is 67.5 Å². The number of hydrogen-bond donors (Lipinski definition) is 1. The molecular weight excluding hydrogens is 292 g/mol. The van der Waals surface area contributed by atoms with Gasteiger partial charge in [-0.25, -0.2) is 0 Å². The molecule has 1 heterocycles. The van der Waals surface area contributed by atoms with E-state index in [1.165, 1.54) is 5.56 Å². The number of ether oxygens (including phenoxy) is 2. The summed E-state index contributed by atoms with van der Waals surface area (Å²) >= 11 is 0. The van der Waals surface area contributed by atoms with Crippen LogP contribution in [0.3, 0.4) is 0 Å². The summed E-state index contributed by atoms with van der Waals surface area (Å²) in [4.78, 5) is 4.78. The van der Waals surface area contributed by atoms with Crippen LogP contribution in [-0.2, 0) is 16.0 Å². The molecule has 0 amide bonds. The van der Waals surface area contributed by atoms with Crippen LogP contribution in [0.2, 0.25) is 0 Å². The summed E-state index contributed by atoms with van der Waals surface area (Å²) in [5.41, 5.74) is 2.39. The minimum atomic E-state index is -0.263. The van der Waals surface area contributed by atoms with Crippen molar-refractivity contribution in [1.29, 1.82) is 0 Å². The fourth-order valence-electron chi connectivity index (χ4n) is 2.89. The molecule has 5 nitrogen and oxygen atoms in total. The molecule has 0 bridgehead atoms. The Morgan fingerprint density at radius 2 is 1.52 bits per heavy atom. The van der Waals surface area contributed by atoms with Gasteiger partial charge in [0, 0.05) is 58.0 Å². The van der Waals surface area contributed by atoms with E-state index in [0.717, 1.165) is 44.8 Å². The van der Waals surface area contributed by atoms with Gasteiger partial charge in [-0.2, -0.15) is 0 Å². The molecule has 23 heavy (non-hydrogen) atoms. The van der Waals surface area contributed by atoms with Gasteiger partial charge in [0.2, 0.25) is 0 Å². The Bertz CT molecular complexity index is 424. The molecule has 0 spiro atoms. The Labute approximate surface area is 139 Å². The van der Waals surface area contributed by atoms with E-state index in [0.29, 0.717) is 13.2 Å². The van der Waals surface area contributed by atoms with Gasteiger partial charge in [0.1, 0.15) is 0 Å². The van der Waals surface area contributed by atoms with Crippen LogP contribution < -0.4 is 0 Å². The first kappa shape index (κ1) is 18.4. The lowest BCUT2D eigenvalue weighted by atomic mass is 10.1. The molecule has 0 saturated carbocycles. The molecule has 1 aromatic carbocycles. The van der Waals surface area contributed by atoms with Crippen molar-refractivity contribution in [2.45, 2.75) is 26.7 Å². The quantitative estimate of drug-likeness (QED) is 0.703. The minimum Gasteiger partial charge on any atom is -0.395 e. The second-order valence-corrected chi connectivity index (χ2v) is 5.83. The Morgan fingerprint density at radius 3 is 2.04 bits per heavy atom. The van der Waals surface area contributed by atoms with E-state index in [-0.39, 0.29) is 12.9 Å². The SMILES string of the molecule is CCOC(OCC)c1ccc(CN2CCN(CCO)CC2)cc1. The van der Waals surface area contributed by atoms with Gasteiger partial charge in [-0.3, -0.25) is 9.80 Å². The van der Waals surface area contributed by atoms with Crippen LogP contribution >= 0.6 is 0 Å².